The Kier molecular flexibility index (Phi) is 5.55. The molecule has 2 aromatic rings. The first-order valence-electron chi connectivity index (χ1n) is 6.83. The van der Waals surface area contributed by atoms with E-state index in [1.807, 2.05) is 38.1 Å². The van der Waals surface area contributed by atoms with E-state index in [1.54, 1.807) is 24.3 Å². The van der Waals surface area contributed by atoms with Crippen LogP contribution in [0.5, 0.6) is 5.75 Å². The van der Waals surface area contributed by atoms with Gasteiger partial charge in [-0.25, -0.2) is 5.43 Å². The van der Waals surface area contributed by atoms with Crippen molar-refractivity contribution in [1.82, 2.24) is 5.43 Å². The number of amides is 1. The Balaban J connectivity index is 1.85. The van der Waals surface area contributed by atoms with Crippen molar-refractivity contribution in [2.45, 2.75) is 13.8 Å². The number of nitrogens with zero attached hydrogens (tertiary/aromatic N) is 1. The molecule has 0 aliphatic carbocycles. The smallest absolute Gasteiger partial charge is 0.277 e. The number of benzene rings is 2. The summed E-state index contributed by atoms with van der Waals surface area (Å²) in [5.41, 5.74) is 5.35. The van der Waals surface area contributed by atoms with Crippen LogP contribution in [0.2, 0.25) is 5.02 Å². The average Bonchev–Trinajstić information content (AvgIpc) is 2.52. The minimum absolute atomic E-state index is 0.105. The predicted molar refractivity (Wildman–Crippen MR) is 88.5 cm³/mol. The molecule has 0 atom stereocenters. The number of hydrogen-bond donors (Lipinski definition) is 1. The standard InChI is InChI=1S/C17H17ClN2O2/c1-12-3-5-14(6-4-12)13(2)19-20-17(21)11-22-16-9-7-15(18)8-10-16/h3-10H,11H2,1-2H3,(H,20,21)/b19-13-. The van der Waals surface area contributed by atoms with Crippen LogP contribution in [0.15, 0.2) is 53.6 Å². The lowest BCUT2D eigenvalue weighted by Gasteiger charge is -2.06. The maximum Gasteiger partial charge on any atom is 0.277 e. The van der Waals surface area contributed by atoms with Crippen LogP contribution in [0, 0.1) is 6.92 Å². The fraction of sp³-hybridized carbons (Fsp3) is 0.176. The van der Waals surface area contributed by atoms with Gasteiger partial charge in [-0.05, 0) is 43.7 Å². The monoisotopic (exact) mass is 316 g/mol. The molecule has 1 N–H and O–H groups in total. The van der Waals surface area contributed by atoms with Gasteiger partial charge in [0.1, 0.15) is 5.75 Å². The van der Waals surface area contributed by atoms with E-state index in [0.29, 0.717) is 10.8 Å². The van der Waals surface area contributed by atoms with E-state index in [1.165, 1.54) is 5.56 Å². The summed E-state index contributed by atoms with van der Waals surface area (Å²) in [5.74, 6) is 0.264. The fourth-order valence-electron chi connectivity index (χ4n) is 1.72. The van der Waals surface area contributed by atoms with Crippen LogP contribution in [0.3, 0.4) is 0 Å². The summed E-state index contributed by atoms with van der Waals surface area (Å²) in [7, 11) is 0. The van der Waals surface area contributed by atoms with Crippen molar-refractivity contribution in [3.8, 4) is 5.75 Å². The highest BCUT2D eigenvalue weighted by Gasteiger charge is 2.03. The van der Waals surface area contributed by atoms with Crippen molar-refractivity contribution in [3.63, 3.8) is 0 Å². The predicted octanol–water partition coefficient (Wildman–Crippen LogP) is 3.57. The molecular formula is C17H17ClN2O2. The largest absolute Gasteiger partial charge is 0.484 e. The Hall–Kier alpha value is -2.33. The summed E-state index contributed by atoms with van der Waals surface area (Å²) in [6, 6.07) is 14.7. The van der Waals surface area contributed by atoms with Gasteiger partial charge in [0.15, 0.2) is 6.61 Å². The minimum atomic E-state index is -0.318. The zero-order valence-electron chi connectivity index (χ0n) is 12.5. The van der Waals surface area contributed by atoms with E-state index in [2.05, 4.69) is 10.5 Å². The van der Waals surface area contributed by atoms with E-state index >= 15 is 0 Å². The van der Waals surface area contributed by atoms with E-state index < -0.39 is 0 Å². The molecular weight excluding hydrogens is 300 g/mol. The highest BCUT2D eigenvalue weighted by atomic mass is 35.5. The SMILES string of the molecule is C/C(=N/NC(=O)COc1ccc(Cl)cc1)c1ccc(C)cc1. The third-order valence-electron chi connectivity index (χ3n) is 3.00. The number of carbonyl (C=O) groups excluding carboxylic acids is 1. The van der Waals surface area contributed by atoms with Gasteiger partial charge in [-0.2, -0.15) is 5.10 Å². The molecule has 0 unspecified atom stereocenters. The van der Waals surface area contributed by atoms with Crippen molar-refractivity contribution in [1.29, 1.82) is 0 Å². The highest BCUT2D eigenvalue weighted by Crippen LogP contribution is 2.15. The minimum Gasteiger partial charge on any atom is -0.484 e. The van der Waals surface area contributed by atoms with Crippen molar-refractivity contribution < 1.29 is 9.53 Å². The zero-order valence-corrected chi connectivity index (χ0v) is 13.2. The number of aryl methyl sites for hydroxylation is 1. The number of hydrogen-bond acceptors (Lipinski definition) is 3. The quantitative estimate of drug-likeness (QED) is 0.677. The first-order chi connectivity index (χ1) is 10.5. The van der Waals surface area contributed by atoms with Gasteiger partial charge in [0, 0.05) is 5.02 Å². The molecule has 0 heterocycles. The summed E-state index contributed by atoms with van der Waals surface area (Å²) in [6.07, 6.45) is 0. The third kappa shape index (κ3) is 4.90. The summed E-state index contributed by atoms with van der Waals surface area (Å²) in [4.78, 5) is 11.7. The molecule has 0 bridgehead atoms. The second-order valence-corrected chi connectivity index (χ2v) is 5.28. The van der Waals surface area contributed by atoms with Gasteiger partial charge < -0.3 is 4.74 Å². The zero-order chi connectivity index (χ0) is 15.9. The first kappa shape index (κ1) is 16.0. The summed E-state index contributed by atoms with van der Waals surface area (Å²) in [5, 5.41) is 4.69. The van der Waals surface area contributed by atoms with Gasteiger partial charge in [-0.3, -0.25) is 4.79 Å². The lowest BCUT2D eigenvalue weighted by Crippen LogP contribution is -2.25. The van der Waals surface area contributed by atoms with Gasteiger partial charge in [0.2, 0.25) is 0 Å². The Morgan fingerprint density at radius 2 is 1.77 bits per heavy atom. The van der Waals surface area contributed by atoms with Gasteiger partial charge >= 0.3 is 0 Å². The van der Waals surface area contributed by atoms with Crippen LogP contribution in [0.4, 0.5) is 0 Å². The average molecular weight is 317 g/mol. The van der Waals surface area contributed by atoms with Crippen molar-refractivity contribution in [3.05, 3.63) is 64.7 Å². The van der Waals surface area contributed by atoms with Crippen LogP contribution in [-0.2, 0) is 4.79 Å². The number of halogens is 1. The second kappa shape index (κ2) is 7.61. The van der Waals surface area contributed by atoms with Gasteiger partial charge in [-0.1, -0.05) is 41.4 Å². The molecule has 2 rings (SSSR count). The van der Waals surface area contributed by atoms with Crippen LogP contribution in [0.25, 0.3) is 0 Å². The number of carbonyl (C=O) groups is 1. The van der Waals surface area contributed by atoms with E-state index in [0.717, 1.165) is 11.3 Å². The van der Waals surface area contributed by atoms with E-state index in [-0.39, 0.29) is 12.5 Å². The molecule has 0 radical (unpaired) electrons. The normalized spacial score (nSPS) is 11.1. The number of rotatable bonds is 5. The molecule has 0 aliphatic rings. The molecule has 0 fully saturated rings. The molecule has 0 saturated heterocycles. The number of ether oxygens (including phenoxy) is 1. The summed E-state index contributed by atoms with van der Waals surface area (Å²) < 4.78 is 5.34. The molecule has 5 heteroatoms. The van der Waals surface area contributed by atoms with Gasteiger partial charge in [0.25, 0.3) is 5.91 Å². The fourth-order valence-corrected chi connectivity index (χ4v) is 1.84. The van der Waals surface area contributed by atoms with Crippen molar-refractivity contribution in [2.24, 2.45) is 5.10 Å². The summed E-state index contributed by atoms with van der Waals surface area (Å²) >= 11 is 5.77. The Morgan fingerprint density at radius 1 is 1.14 bits per heavy atom. The van der Waals surface area contributed by atoms with E-state index in [9.17, 15) is 4.79 Å². The topological polar surface area (TPSA) is 50.7 Å². The molecule has 1 amide bonds. The van der Waals surface area contributed by atoms with Gasteiger partial charge in [0.05, 0.1) is 5.71 Å². The van der Waals surface area contributed by atoms with E-state index in [4.69, 9.17) is 16.3 Å². The van der Waals surface area contributed by atoms with Gasteiger partial charge in [-0.15, -0.1) is 0 Å². The van der Waals surface area contributed by atoms with Crippen LogP contribution >= 0.6 is 11.6 Å². The highest BCUT2D eigenvalue weighted by molar-refractivity contribution is 6.30. The first-order valence-corrected chi connectivity index (χ1v) is 7.21. The molecule has 0 aromatic heterocycles. The van der Waals surface area contributed by atoms with Crippen LogP contribution < -0.4 is 10.2 Å². The Labute approximate surface area is 134 Å². The molecule has 0 spiro atoms. The maximum absolute atomic E-state index is 11.7. The third-order valence-corrected chi connectivity index (χ3v) is 3.25. The molecule has 4 nitrogen and oxygen atoms in total. The van der Waals surface area contributed by atoms with Crippen molar-refractivity contribution in [2.75, 3.05) is 6.61 Å². The van der Waals surface area contributed by atoms with Crippen molar-refractivity contribution >= 4 is 23.2 Å². The van der Waals surface area contributed by atoms with Crippen LogP contribution in [-0.4, -0.2) is 18.2 Å². The molecule has 0 aliphatic heterocycles. The molecule has 2 aromatic carbocycles. The lowest BCUT2D eigenvalue weighted by molar-refractivity contribution is -0.123. The molecule has 22 heavy (non-hydrogen) atoms. The maximum atomic E-state index is 11.7. The number of nitrogens with one attached hydrogen (secondary N) is 1. The summed E-state index contributed by atoms with van der Waals surface area (Å²) in [6.45, 7) is 3.75. The second-order valence-electron chi connectivity index (χ2n) is 4.84. The number of hydrazone groups is 1. The lowest BCUT2D eigenvalue weighted by atomic mass is 10.1. The molecule has 0 saturated carbocycles. The Morgan fingerprint density at radius 3 is 2.41 bits per heavy atom. The van der Waals surface area contributed by atoms with Crippen LogP contribution in [0.1, 0.15) is 18.1 Å². The molecule has 114 valence electrons. The Bertz CT molecular complexity index is 664.